The summed E-state index contributed by atoms with van der Waals surface area (Å²) in [6.07, 6.45) is 3.42. The lowest BCUT2D eigenvalue weighted by Crippen LogP contribution is -2.42. The summed E-state index contributed by atoms with van der Waals surface area (Å²) < 4.78 is 23.4. The first-order valence-corrected chi connectivity index (χ1v) is 10.5. The summed E-state index contributed by atoms with van der Waals surface area (Å²) in [4.78, 5) is 9.96. The van der Waals surface area contributed by atoms with Gasteiger partial charge in [-0.3, -0.25) is 9.98 Å². The van der Waals surface area contributed by atoms with Crippen LogP contribution in [0.2, 0.25) is 5.02 Å². The van der Waals surface area contributed by atoms with Gasteiger partial charge < -0.3 is 10.0 Å². The van der Waals surface area contributed by atoms with Gasteiger partial charge in [0.25, 0.3) is 0 Å². The third kappa shape index (κ3) is 4.64. The van der Waals surface area contributed by atoms with Crippen LogP contribution in [0.1, 0.15) is 11.1 Å². The van der Waals surface area contributed by atoms with E-state index in [1.54, 1.807) is 30.4 Å². The molecule has 3 N–H and O–H groups in total. The van der Waals surface area contributed by atoms with E-state index in [2.05, 4.69) is 9.98 Å². The number of pyridine rings is 1. The molecular weight excluding hydrogens is 476 g/mol. The van der Waals surface area contributed by atoms with Crippen LogP contribution in [0.15, 0.2) is 52.6 Å². The van der Waals surface area contributed by atoms with Gasteiger partial charge in [-0.15, -0.1) is 17.0 Å². The predicted molar refractivity (Wildman–Crippen MR) is 113 cm³/mol. The number of rotatable bonds is 4. The largest absolute Gasteiger partial charge is 0.366 e. The van der Waals surface area contributed by atoms with Crippen LogP contribution in [0.3, 0.4) is 0 Å². The highest BCUT2D eigenvalue weighted by Gasteiger charge is 2.43. The lowest BCUT2D eigenvalue weighted by atomic mass is 10.0. The number of aliphatic hydroxyl groups is 1. The molecule has 2 aromatic rings. The first kappa shape index (κ1) is 22.1. The van der Waals surface area contributed by atoms with Crippen molar-refractivity contribution < 1.29 is 13.5 Å². The van der Waals surface area contributed by atoms with Gasteiger partial charge in [-0.05, 0) is 23.8 Å². The molecule has 1 fully saturated rings. The molecule has 3 rings (SSSR count). The van der Waals surface area contributed by atoms with Crippen LogP contribution < -0.4 is 5.14 Å². The molecule has 0 spiro atoms. The van der Waals surface area contributed by atoms with Crippen molar-refractivity contribution in [2.75, 3.05) is 12.8 Å². The second kappa shape index (κ2) is 8.46. The Morgan fingerprint density at radius 2 is 2.19 bits per heavy atom. The van der Waals surface area contributed by atoms with Crippen LogP contribution in [-0.2, 0) is 22.3 Å². The number of aliphatic imine (C=N–C) groups is 1. The Kier molecular flexibility index (Phi) is 6.93. The summed E-state index contributed by atoms with van der Waals surface area (Å²) in [7, 11) is -2.29. The topological polar surface area (TPSA) is 109 Å². The van der Waals surface area contributed by atoms with Gasteiger partial charge in [0.1, 0.15) is 4.90 Å². The van der Waals surface area contributed by atoms with Crippen LogP contribution in [0.4, 0.5) is 0 Å². The number of hydrogen-bond acceptors (Lipinski definition) is 6. The van der Waals surface area contributed by atoms with Crippen molar-refractivity contribution in [2.45, 2.75) is 17.2 Å². The van der Waals surface area contributed by atoms with Crippen molar-refractivity contribution in [3.05, 3.63) is 58.9 Å². The molecule has 1 saturated heterocycles. The van der Waals surface area contributed by atoms with E-state index < -0.39 is 15.7 Å². The normalized spacial score (nSPS) is 21.3. The molecule has 27 heavy (non-hydrogen) atoms. The van der Waals surface area contributed by atoms with Crippen molar-refractivity contribution >= 4 is 55.5 Å². The number of sulfonamides is 1. The maximum Gasteiger partial charge on any atom is 0.239 e. The van der Waals surface area contributed by atoms with E-state index >= 15 is 0 Å². The number of hydrogen-bond donors (Lipinski definition) is 2. The van der Waals surface area contributed by atoms with E-state index in [9.17, 15) is 13.5 Å². The molecule has 1 aromatic carbocycles. The summed E-state index contributed by atoms with van der Waals surface area (Å²) in [6.45, 7) is 0.430. The molecular formula is C16H18BrClN4O3S2. The zero-order valence-corrected chi connectivity index (χ0v) is 18.3. The number of nitrogens with two attached hydrogens (primary N) is 1. The van der Waals surface area contributed by atoms with Gasteiger partial charge in [-0.1, -0.05) is 35.5 Å². The van der Waals surface area contributed by atoms with Crippen molar-refractivity contribution in [1.82, 2.24) is 9.88 Å². The Hall–Kier alpha value is -1.17. The molecule has 0 aliphatic carbocycles. The average Bonchev–Trinajstić information content (AvgIpc) is 2.89. The number of nitrogens with zero attached hydrogens (tertiary/aromatic N) is 3. The van der Waals surface area contributed by atoms with Gasteiger partial charge in [0, 0.05) is 25.0 Å². The summed E-state index contributed by atoms with van der Waals surface area (Å²) in [5.74, 6) is 0.293. The number of aromatic nitrogens is 1. The molecule has 1 unspecified atom stereocenters. The molecule has 1 aliphatic rings. The molecule has 2 heterocycles. The molecule has 0 saturated carbocycles. The maximum absolute atomic E-state index is 11.7. The number of primary sulfonamides is 1. The van der Waals surface area contributed by atoms with Crippen molar-refractivity contribution in [1.29, 1.82) is 0 Å². The number of halogens is 2. The SMILES string of the molecule is Br.CN1C(=NCc2cccnc2)SCC1(O)c1ccc(Cl)c(S(N)(=O)=O)c1. The van der Waals surface area contributed by atoms with E-state index in [1.165, 1.54) is 23.9 Å². The molecule has 1 aliphatic heterocycles. The van der Waals surface area contributed by atoms with E-state index in [-0.39, 0.29) is 26.9 Å². The van der Waals surface area contributed by atoms with E-state index in [4.69, 9.17) is 16.7 Å². The molecule has 7 nitrogen and oxygen atoms in total. The first-order valence-electron chi connectivity index (χ1n) is 7.57. The molecule has 0 radical (unpaired) electrons. The Labute approximate surface area is 177 Å². The van der Waals surface area contributed by atoms with Gasteiger partial charge in [-0.2, -0.15) is 0 Å². The summed E-state index contributed by atoms with van der Waals surface area (Å²) >= 11 is 7.31. The average molecular weight is 494 g/mol. The second-order valence-electron chi connectivity index (χ2n) is 5.81. The molecule has 11 heteroatoms. The van der Waals surface area contributed by atoms with Crippen LogP contribution in [0.5, 0.6) is 0 Å². The smallest absolute Gasteiger partial charge is 0.239 e. The van der Waals surface area contributed by atoms with Crippen LogP contribution >= 0.6 is 40.3 Å². The summed E-state index contributed by atoms with van der Waals surface area (Å²) in [5.41, 5.74) is -0.0809. The van der Waals surface area contributed by atoms with Crippen LogP contribution in [0.25, 0.3) is 0 Å². The minimum Gasteiger partial charge on any atom is -0.366 e. The summed E-state index contributed by atoms with van der Waals surface area (Å²) in [5, 5.41) is 17.0. The fourth-order valence-corrected chi connectivity index (χ4v) is 4.83. The van der Waals surface area contributed by atoms with E-state index in [0.717, 1.165) is 5.56 Å². The maximum atomic E-state index is 11.7. The molecule has 0 amide bonds. The zero-order chi connectivity index (χ0) is 18.9. The number of thioether (sulfide) groups is 1. The monoisotopic (exact) mass is 492 g/mol. The van der Waals surface area contributed by atoms with Gasteiger partial charge in [-0.25, -0.2) is 13.6 Å². The fourth-order valence-electron chi connectivity index (χ4n) is 2.57. The standard InChI is InChI=1S/C16H17ClN4O3S2.BrH/c1-21-15(20-9-11-3-2-6-19-8-11)25-10-16(21,22)12-4-5-13(17)14(7-12)26(18,23)24;/h2-8,22H,9-10H2,1H3,(H2,18,23,24);1H. The fraction of sp³-hybridized carbons (Fsp3) is 0.250. The Balaban J connectivity index is 0.00000261. The molecule has 0 bridgehead atoms. The van der Waals surface area contributed by atoms with E-state index in [1.807, 2.05) is 12.1 Å². The Bertz CT molecular complexity index is 959. The van der Waals surface area contributed by atoms with Crippen molar-refractivity contribution in [3.63, 3.8) is 0 Å². The highest BCUT2D eigenvalue weighted by molar-refractivity contribution is 8.93. The Morgan fingerprint density at radius 3 is 2.81 bits per heavy atom. The first-order chi connectivity index (χ1) is 12.2. The molecule has 1 atom stereocenters. The predicted octanol–water partition coefficient (Wildman–Crippen LogP) is 2.34. The number of benzene rings is 1. The summed E-state index contributed by atoms with van der Waals surface area (Å²) in [6, 6.07) is 8.05. The van der Waals surface area contributed by atoms with Gasteiger partial charge >= 0.3 is 0 Å². The van der Waals surface area contributed by atoms with Crippen LogP contribution in [-0.4, -0.2) is 41.4 Å². The minimum atomic E-state index is -4.00. The highest BCUT2D eigenvalue weighted by atomic mass is 79.9. The van der Waals surface area contributed by atoms with E-state index in [0.29, 0.717) is 23.0 Å². The minimum absolute atomic E-state index is 0. The van der Waals surface area contributed by atoms with Crippen molar-refractivity contribution in [3.8, 4) is 0 Å². The van der Waals surface area contributed by atoms with Crippen LogP contribution in [0, 0.1) is 0 Å². The third-order valence-electron chi connectivity index (χ3n) is 4.06. The molecule has 146 valence electrons. The third-order valence-corrected chi connectivity index (χ3v) is 6.66. The van der Waals surface area contributed by atoms with Gasteiger partial charge in [0.2, 0.25) is 10.0 Å². The van der Waals surface area contributed by atoms with Gasteiger partial charge in [0.05, 0.1) is 17.3 Å². The quantitative estimate of drug-likeness (QED) is 0.677. The Morgan fingerprint density at radius 1 is 1.44 bits per heavy atom. The zero-order valence-electron chi connectivity index (χ0n) is 14.2. The highest BCUT2D eigenvalue weighted by Crippen LogP contribution is 2.39. The molecule has 1 aromatic heterocycles. The van der Waals surface area contributed by atoms with Gasteiger partial charge in [0.15, 0.2) is 10.9 Å². The van der Waals surface area contributed by atoms with Crippen molar-refractivity contribution in [2.24, 2.45) is 10.1 Å². The lowest BCUT2D eigenvalue weighted by Gasteiger charge is -2.31. The lowest BCUT2D eigenvalue weighted by molar-refractivity contribution is -0.0350. The second-order valence-corrected chi connectivity index (χ2v) is 8.69. The number of amidine groups is 1.